The van der Waals surface area contributed by atoms with Crippen molar-refractivity contribution in [3.05, 3.63) is 51.8 Å². The molecule has 0 saturated heterocycles. The second-order valence-electron chi connectivity index (χ2n) is 8.22. The van der Waals surface area contributed by atoms with Gasteiger partial charge in [0.15, 0.2) is 0 Å². The molecule has 7 nitrogen and oxygen atoms in total. The van der Waals surface area contributed by atoms with E-state index in [1.165, 1.54) is 6.20 Å². The van der Waals surface area contributed by atoms with Crippen molar-refractivity contribution in [2.24, 2.45) is 5.92 Å². The fourth-order valence-electron chi connectivity index (χ4n) is 4.06. The van der Waals surface area contributed by atoms with Crippen molar-refractivity contribution in [1.29, 1.82) is 0 Å². The van der Waals surface area contributed by atoms with Crippen LogP contribution in [0, 0.1) is 5.92 Å². The molecule has 0 bridgehead atoms. The minimum absolute atomic E-state index is 0.0326. The van der Waals surface area contributed by atoms with E-state index in [2.05, 4.69) is 50.5 Å². The highest BCUT2D eigenvalue weighted by Crippen LogP contribution is 2.35. The molecule has 1 aliphatic rings. The highest BCUT2D eigenvalue weighted by atomic mass is 79.9. The number of nitrogens with zero attached hydrogens (tertiary/aromatic N) is 2. The number of fused-ring (bicyclic) bond motifs is 1. The van der Waals surface area contributed by atoms with E-state index in [1.807, 2.05) is 12.1 Å². The van der Waals surface area contributed by atoms with Gasteiger partial charge in [-0.15, -0.1) is 0 Å². The summed E-state index contributed by atoms with van der Waals surface area (Å²) < 4.78 is 6.67. The number of carbonyl (C=O) groups is 2. The lowest BCUT2D eigenvalue weighted by Gasteiger charge is -2.31. The number of pyridine rings is 1. The van der Waals surface area contributed by atoms with Gasteiger partial charge in [0.25, 0.3) is 5.91 Å². The normalized spacial score (nSPS) is 18.7. The number of anilines is 2. The smallest absolute Gasteiger partial charge is 0.294 e. The maximum atomic E-state index is 13.1. The van der Waals surface area contributed by atoms with Crippen molar-refractivity contribution in [3.63, 3.8) is 0 Å². The maximum Gasteiger partial charge on any atom is 0.294 e. The van der Waals surface area contributed by atoms with Gasteiger partial charge in [-0.2, -0.15) is 0 Å². The maximum absolute atomic E-state index is 13.1. The van der Waals surface area contributed by atoms with Gasteiger partial charge in [0, 0.05) is 28.0 Å². The summed E-state index contributed by atoms with van der Waals surface area (Å²) in [4.78, 5) is 32.4. The Hall–Kier alpha value is -2.42. The van der Waals surface area contributed by atoms with Crippen molar-refractivity contribution in [3.8, 4) is 0 Å². The summed E-state index contributed by atoms with van der Waals surface area (Å²) in [5.74, 6) is -0.323. The first kappa shape index (κ1) is 22.8. The molecule has 2 N–H and O–H groups in total. The molecule has 0 atom stereocenters. The van der Waals surface area contributed by atoms with Gasteiger partial charge in [-0.05, 0) is 70.1 Å². The molecule has 0 radical (unpaired) electrons. The molecule has 2 amide bonds. The summed E-state index contributed by atoms with van der Waals surface area (Å²) in [6.45, 7) is 0. The molecule has 1 aliphatic carbocycles. The van der Waals surface area contributed by atoms with Gasteiger partial charge in [0.1, 0.15) is 17.1 Å². The van der Waals surface area contributed by atoms with E-state index in [-0.39, 0.29) is 17.6 Å². The van der Waals surface area contributed by atoms with Crippen LogP contribution in [0.15, 0.2) is 45.4 Å². The fourth-order valence-corrected chi connectivity index (χ4v) is 4.51. The SMILES string of the molecule is CN(C)C1CCC(C(=O)Nc2c(C(=O)Nc3ccc(Cl)cn3)oc3cc(Br)ccc23)CC1. The third-order valence-corrected chi connectivity index (χ3v) is 6.59. The van der Waals surface area contributed by atoms with Crippen LogP contribution in [-0.2, 0) is 4.79 Å². The Morgan fingerprint density at radius 1 is 1.12 bits per heavy atom. The monoisotopic (exact) mass is 518 g/mol. The number of nitrogens with one attached hydrogen (secondary N) is 2. The molecule has 0 spiro atoms. The largest absolute Gasteiger partial charge is 0.449 e. The molecule has 4 rings (SSSR count). The summed E-state index contributed by atoms with van der Waals surface area (Å²) in [6.07, 6.45) is 5.01. The Morgan fingerprint density at radius 2 is 1.88 bits per heavy atom. The Labute approximate surface area is 199 Å². The minimum atomic E-state index is -0.501. The van der Waals surface area contributed by atoms with Crippen molar-refractivity contribution in [2.45, 2.75) is 31.7 Å². The number of hydrogen-bond acceptors (Lipinski definition) is 5. The van der Waals surface area contributed by atoms with Crippen molar-refractivity contribution < 1.29 is 14.0 Å². The lowest BCUT2D eigenvalue weighted by Crippen LogP contribution is -2.35. The van der Waals surface area contributed by atoms with Gasteiger partial charge in [-0.3, -0.25) is 9.59 Å². The molecule has 0 aliphatic heterocycles. The topological polar surface area (TPSA) is 87.5 Å². The van der Waals surface area contributed by atoms with E-state index in [0.717, 1.165) is 30.2 Å². The van der Waals surface area contributed by atoms with Crippen LogP contribution < -0.4 is 10.6 Å². The number of aromatic nitrogens is 1. The van der Waals surface area contributed by atoms with E-state index in [1.54, 1.807) is 18.2 Å². The Balaban J connectivity index is 1.59. The summed E-state index contributed by atoms with van der Waals surface area (Å²) in [7, 11) is 4.14. The number of amides is 2. The van der Waals surface area contributed by atoms with Gasteiger partial charge >= 0.3 is 0 Å². The van der Waals surface area contributed by atoms with E-state index in [9.17, 15) is 9.59 Å². The molecule has 3 aromatic rings. The van der Waals surface area contributed by atoms with Crippen molar-refractivity contribution >= 4 is 61.8 Å². The van der Waals surface area contributed by atoms with Crippen LogP contribution in [0.5, 0.6) is 0 Å². The fraction of sp³-hybridized carbons (Fsp3) is 0.348. The molecule has 1 fully saturated rings. The third kappa shape index (κ3) is 4.98. The van der Waals surface area contributed by atoms with Crippen LogP contribution >= 0.6 is 27.5 Å². The third-order valence-electron chi connectivity index (χ3n) is 5.87. The average molecular weight is 520 g/mol. The predicted octanol–water partition coefficient (Wildman–Crippen LogP) is 5.55. The Bertz CT molecular complexity index is 1140. The number of hydrogen-bond donors (Lipinski definition) is 2. The zero-order valence-corrected chi connectivity index (χ0v) is 20.2. The van der Waals surface area contributed by atoms with E-state index < -0.39 is 5.91 Å². The molecular formula is C23H24BrClN4O3. The van der Waals surface area contributed by atoms with Gasteiger partial charge in [0.2, 0.25) is 11.7 Å². The quantitative estimate of drug-likeness (QED) is 0.461. The van der Waals surface area contributed by atoms with Gasteiger partial charge in [0.05, 0.1) is 5.02 Å². The zero-order valence-electron chi connectivity index (χ0n) is 17.8. The molecule has 1 saturated carbocycles. The molecule has 9 heteroatoms. The van der Waals surface area contributed by atoms with Crippen LogP contribution in [0.4, 0.5) is 11.5 Å². The van der Waals surface area contributed by atoms with Crippen molar-refractivity contribution in [2.75, 3.05) is 24.7 Å². The van der Waals surface area contributed by atoms with Crippen molar-refractivity contribution in [1.82, 2.24) is 9.88 Å². The predicted molar refractivity (Wildman–Crippen MR) is 129 cm³/mol. The highest BCUT2D eigenvalue weighted by molar-refractivity contribution is 9.10. The van der Waals surface area contributed by atoms with Crippen LogP contribution in [0.2, 0.25) is 5.02 Å². The van der Waals surface area contributed by atoms with Gasteiger partial charge in [-0.1, -0.05) is 27.5 Å². The minimum Gasteiger partial charge on any atom is -0.449 e. The van der Waals surface area contributed by atoms with Crippen LogP contribution in [0.3, 0.4) is 0 Å². The first-order chi connectivity index (χ1) is 15.3. The Kier molecular flexibility index (Phi) is 6.83. The number of furan rings is 1. The summed E-state index contributed by atoms with van der Waals surface area (Å²) in [5.41, 5.74) is 0.874. The van der Waals surface area contributed by atoms with E-state index in [4.69, 9.17) is 16.0 Å². The zero-order chi connectivity index (χ0) is 22.8. The van der Waals surface area contributed by atoms with E-state index >= 15 is 0 Å². The van der Waals surface area contributed by atoms with Gasteiger partial charge < -0.3 is 20.0 Å². The molecule has 168 valence electrons. The summed E-state index contributed by atoms with van der Waals surface area (Å²) in [6, 6.07) is 9.16. The number of carbonyl (C=O) groups excluding carboxylic acids is 2. The first-order valence-corrected chi connectivity index (χ1v) is 11.6. The lowest BCUT2D eigenvalue weighted by atomic mass is 9.85. The summed E-state index contributed by atoms with van der Waals surface area (Å²) in [5, 5.41) is 6.81. The second kappa shape index (κ2) is 9.60. The summed E-state index contributed by atoms with van der Waals surface area (Å²) >= 11 is 9.29. The lowest BCUT2D eigenvalue weighted by molar-refractivity contribution is -0.121. The van der Waals surface area contributed by atoms with Crippen LogP contribution in [-0.4, -0.2) is 41.8 Å². The van der Waals surface area contributed by atoms with E-state index in [0.29, 0.717) is 33.5 Å². The molecule has 2 aromatic heterocycles. The second-order valence-corrected chi connectivity index (χ2v) is 9.57. The standard InChI is InChI=1S/C23H24BrClN4O3/c1-29(2)16-7-3-13(4-8-16)22(30)28-20-17-9-5-14(24)11-18(17)32-21(20)23(31)27-19-10-6-15(25)12-26-19/h5-6,9-13,16H,3-4,7-8H2,1-2H3,(H,28,30)(H,26,27,31). The molecule has 1 aromatic carbocycles. The number of halogens is 2. The molecule has 2 heterocycles. The molecule has 0 unspecified atom stereocenters. The first-order valence-electron chi connectivity index (χ1n) is 10.4. The van der Waals surface area contributed by atoms with Gasteiger partial charge in [-0.25, -0.2) is 4.98 Å². The molecular weight excluding hydrogens is 496 g/mol. The van der Waals surface area contributed by atoms with Crippen LogP contribution in [0.1, 0.15) is 36.2 Å². The number of rotatable bonds is 5. The average Bonchev–Trinajstić information content (AvgIpc) is 3.12. The van der Waals surface area contributed by atoms with Crippen LogP contribution in [0.25, 0.3) is 11.0 Å². The Morgan fingerprint density at radius 3 is 2.53 bits per heavy atom. The molecule has 32 heavy (non-hydrogen) atoms. The highest BCUT2D eigenvalue weighted by Gasteiger charge is 2.30. The number of benzene rings is 1.